The highest BCUT2D eigenvalue weighted by Gasteiger charge is 2.17. The molecule has 0 unspecified atom stereocenters. The highest BCUT2D eigenvalue weighted by atomic mass is 32.1. The van der Waals surface area contributed by atoms with Crippen LogP contribution >= 0.6 is 11.3 Å². The molecule has 0 radical (unpaired) electrons. The molecular weight excluding hydrogens is 373 g/mol. The fourth-order valence-electron chi connectivity index (χ4n) is 3.44. The summed E-state index contributed by atoms with van der Waals surface area (Å²) >= 11 is 1.83. The maximum absolute atomic E-state index is 14.1. The molecular formula is C22H22FN3OS. The average molecular weight is 396 g/mol. The van der Waals surface area contributed by atoms with Crippen LogP contribution in [0.1, 0.15) is 20.8 Å². The molecule has 0 bridgehead atoms. The maximum atomic E-state index is 14.1. The molecule has 0 fully saturated rings. The smallest absolute Gasteiger partial charge is 0.255 e. The Bertz CT molecular complexity index is 997. The van der Waals surface area contributed by atoms with Crippen molar-refractivity contribution in [3.63, 3.8) is 0 Å². The third-order valence-electron chi connectivity index (χ3n) is 4.99. The van der Waals surface area contributed by atoms with Crippen molar-refractivity contribution in [1.82, 2.24) is 0 Å². The Labute approximate surface area is 168 Å². The number of fused-ring (bicyclic) bond motifs is 1. The molecule has 4 nitrogen and oxygen atoms in total. The van der Waals surface area contributed by atoms with Gasteiger partial charge in [0.2, 0.25) is 0 Å². The maximum Gasteiger partial charge on any atom is 0.255 e. The van der Waals surface area contributed by atoms with Crippen LogP contribution in [-0.4, -0.2) is 26.5 Å². The van der Waals surface area contributed by atoms with Gasteiger partial charge in [-0.3, -0.25) is 4.79 Å². The Morgan fingerprint density at radius 3 is 2.64 bits per heavy atom. The van der Waals surface area contributed by atoms with Gasteiger partial charge in [-0.25, -0.2) is 4.39 Å². The van der Waals surface area contributed by atoms with Gasteiger partial charge in [-0.2, -0.15) is 0 Å². The monoisotopic (exact) mass is 395 g/mol. The van der Waals surface area contributed by atoms with E-state index in [0.29, 0.717) is 16.9 Å². The first-order valence-electron chi connectivity index (χ1n) is 9.20. The van der Waals surface area contributed by atoms with E-state index in [1.807, 2.05) is 35.6 Å². The molecule has 1 amide bonds. The Morgan fingerprint density at radius 2 is 1.93 bits per heavy atom. The van der Waals surface area contributed by atoms with Crippen molar-refractivity contribution in [3.8, 4) is 0 Å². The van der Waals surface area contributed by atoms with E-state index < -0.39 is 5.82 Å². The molecule has 4 rings (SSSR count). The van der Waals surface area contributed by atoms with Crippen molar-refractivity contribution >= 4 is 34.3 Å². The number of carbonyl (C=O) groups is 1. The molecule has 28 heavy (non-hydrogen) atoms. The van der Waals surface area contributed by atoms with Gasteiger partial charge in [0.1, 0.15) is 5.82 Å². The Hall–Kier alpha value is -2.86. The van der Waals surface area contributed by atoms with E-state index in [4.69, 9.17) is 0 Å². The van der Waals surface area contributed by atoms with Crippen LogP contribution in [0.15, 0.2) is 53.9 Å². The number of benzene rings is 2. The predicted octanol–water partition coefficient (Wildman–Crippen LogP) is 4.77. The van der Waals surface area contributed by atoms with Crippen molar-refractivity contribution < 1.29 is 9.18 Å². The third kappa shape index (κ3) is 3.73. The predicted molar refractivity (Wildman–Crippen MR) is 114 cm³/mol. The van der Waals surface area contributed by atoms with Crippen LogP contribution in [0, 0.1) is 5.82 Å². The molecule has 3 aromatic rings. The highest BCUT2D eigenvalue weighted by molar-refractivity contribution is 7.10. The summed E-state index contributed by atoms with van der Waals surface area (Å²) in [6.45, 7) is 1.92. The number of thiophene rings is 1. The van der Waals surface area contributed by atoms with E-state index in [1.54, 1.807) is 31.1 Å². The first-order chi connectivity index (χ1) is 13.5. The lowest BCUT2D eigenvalue weighted by Crippen LogP contribution is -2.29. The Morgan fingerprint density at radius 1 is 1.14 bits per heavy atom. The van der Waals surface area contributed by atoms with E-state index in [-0.39, 0.29) is 5.91 Å². The van der Waals surface area contributed by atoms with Crippen LogP contribution < -0.4 is 15.1 Å². The second-order valence-electron chi connectivity index (χ2n) is 7.10. The fourth-order valence-corrected chi connectivity index (χ4v) is 4.33. The van der Waals surface area contributed by atoms with Crippen molar-refractivity contribution in [2.75, 3.05) is 35.8 Å². The standard InChI is InChI=1S/C22H22FN3OS/c1-25(2)20-8-3-15(13-19(20)23)22(27)24-17-4-6-18(7-5-17)26-11-9-21-16(14-26)10-12-28-21/h3-8,10,12-13H,9,11,14H2,1-2H3,(H,24,27). The first kappa shape index (κ1) is 18.5. The third-order valence-corrected chi connectivity index (χ3v) is 6.01. The molecule has 1 aliphatic heterocycles. The lowest BCUT2D eigenvalue weighted by Gasteiger charge is -2.29. The molecule has 144 valence electrons. The minimum atomic E-state index is -0.411. The van der Waals surface area contributed by atoms with Gasteiger partial charge in [0.25, 0.3) is 5.91 Å². The van der Waals surface area contributed by atoms with Crippen LogP contribution in [0.25, 0.3) is 0 Å². The minimum absolute atomic E-state index is 0.299. The zero-order valence-electron chi connectivity index (χ0n) is 15.9. The summed E-state index contributed by atoms with van der Waals surface area (Å²) in [5.74, 6) is -0.733. The molecule has 0 atom stereocenters. The summed E-state index contributed by atoms with van der Waals surface area (Å²) in [5.41, 5.74) is 3.98. The van der Waals surface area contributed by atoms with Gasteiger partial charge in [0.05, 0.1) is 5.69 Å². The molecule has 0 saturated carbocycles. The number of nitrogens with one attached hydrogen (secondary N) is 1. The van der Waals surface area contributed by atoms with Gasteiger partial charge in [-0.15, -0.1) is 11.3 Å². The molecule has 0 saturated heterocycles. The number of anilines is 3. The SMILES string of the molecule is CN(C)c1ccc(C(=O)Nc2ccc(N3CCc4sccc4C3)cc2)cc1F. The number of hydrogen-bond donors (Lipinski definition) is 1. The highest BCUT2D eigenvalue weighted by Crippen LogP contribution is 2.28. The number of hydrogen-bond acceptors (Lipinski definition) is 4. The van der Waals surface area contributed by atoms with Gasteiger partial charge in [0, 0.05) is 49.0 Å². The lowest BCUT2D eigenvalue weighted by atomic mass is 10.1. The van der Waals surface area contributed by atoms with Gasteiger partial charge in [-0.05, 0) is 65.9 Å². The summed E-state index contributed by atoms with van der Waals surface area (Å²) in [7, 11) is 3.53. The number of amides is 1. The van der Waals surface area contributed by atoms with Gasteiger partial charge >= 0.3 is 0 Å². The largest absolute Gasteiger partial charge is 0.375 e. The minimum Gasteiger partial charge on any atom is -0.375 e. The van der Waals surface area contributed by atoms with Gasteiger partial charge in [0.15, 0.2) is 0 Å². The van der Waals surface area contributed by atoms with Gasteiger partial charge < -0.3 is 15.1 Å². The number of halogens is 1. The Balaban J connectivity index is 1.43. The quantitative estimate of drug-likeness (QED) is 0.691. The first-order valence-corrected chi connectivity index (χ1v) is 10.1. The van der Waals surface area contributed by atoms with Crippen molar-refractivity contribution in [2.45, 2.75) is 13.0 Å². The van der Waals surface area contributed by atoms with E-state index in [2.05, 4.69) is 21.7 Å². The number of carbonyl (C=O) groups excluding carboxylic acids is 1. The summed E-state index contributed by atoms with van der Waals surface area (Å²) in [6, 6.07) is 14.5. The summed E-state index contributed by atoms with van der Waals surface area (Å²) in [4.78, 5) is 17.9. The second kappa shape index (κ2) is 7.64. The number of nitrogens with zero attached hydrogens (tertiary/aromatic N) is 2. The molecule has 1 aromatic heterocycles. The lowest BCUT2D eigenvalue weighted by molar-refractivity contribution is 0.102. The van der Waals surface area contributed by atoms with Crippen LogP contribution in [0.4, 0.5) is 21.5 Å². The fraction of sp³-hybridized carbons (Fsp3) is 0.227. The van der Waals surface area contributed by atoms with Crippen LogP contribution in [0.3, 0.4) is 0 Å². The van der Waals surface area contributed by atoms with Crippen LogP contribution in [0.5, 0.6) is 0 Å². The van der Waals surface area contributed by atoms with Crippen molar-refractivity contribution in [3.05, 3.63) is 75.7 Å². The van der Waals surface area contributed by atoms with E-state index in [0.717, 1.165) is 25.2 Å². The molecule has 2 heterocycles. The van der Waals surface area contributed by atoms with Crippen LogP contribution in [0.2, 0.25) is 0 Å². The number of rotatable bonds is 4. The normalized spacial score (nSPS) is 13.2. The zero-order valence-corrected chi connectivity index (χ0v) is 16.7. The average Bonchev–Trinajstić information content (AvgIpc) is 3.16. The van der Waals surface area contributed by atoms with E-state index >= 15 is 0 Å². The van der Waals surface area contributed by atoms with E-state index in [9.17, 15) is 9.18 Å². The summed E-state index contributed by atoms with van der Waals surface area (Å²) in [5, 5.41) is 4.99. The Kier molecular flexibility index (Phi) is 5.05. The summed E-state index contributed by atoms with van der Waals surface area (Å²) < 4.78 is 14.1. The molecule has 1 aliphatic rings. The second-order valence-corrected chi connectivity index (χ2v) is 8.10. The molecule has 1 N–H and O–H groups in total. The molecule has 0 spiro atoms. The molecule has 2 aromatic carbocycles. The zero-order chi connectivity index (χ0) is 19.7. The molecule has 0 aliphatic carbocycles. The summed E-state index contributed by atoms with van der Waals surface area (Å²) in [6.07, 6.45) is 1.07. The van der Waals surface area contributed by atoms with Gasteiger partial charge in [-0.1, -0.05) is 0 Å². The topological polar surface area (TPSA) is 35.6 Å². The van der Waals surface area contributed by atoms with E-state index in [1.165, 1.54) is 16.5 Å². The molecule has 6 heteroatoms. The van der Waals surface area contributed by atoms with Crippen LogP contribution in [-0.2, 0) is 13.0 Å². The van der Waals surface area contributed by atoms with Crippen molar-refractivity contribution in [2.24, 2.45) is 0 Å². The van der Waals surface area contributed by atoms with Crippen molar-refractivity contribution in [1.29, 1.82) is 0 Å².